The van der Waals surface area contributed by atoms with Crippen LogP contribution in [-0.4, -0.2) is 141 Å². The van der Waals surface area contributed by atoms with Gasteiger partial charge in [0.25, 0.3) is 0 Å². The Bertz CT molecular complexity index is 1870. The highest BCUT2D eigenvalue weighted by Crippen LogP contribution is 2.38. The van der Waals surface area contributed by atoms with E-state index in [0.29, 0.717) is 88.6 Å². The zero-order chi connectivity index (χ0) is 40.7. The second-order valence-electron chi connectivity index (χ2n) is 12.7. The lowest BCUT2D eigenvalue weighted by atomic mass is 9.98. The number of nitrogens with one attached hydrogen (secondary N) is 1. The fraction of sp³-hybridized carbons (Fsp3) is 0.541. The van der Waals surface area contributed by atoms with Gasteiger partial charge in [0.2, 0.25) is 11.2 Å². The topological polar surface area (TPSA) is 210 Å². The van der Waals surface area contributed by atoms with Crippen molar-refractivity contribution in [2.24, 2.45) is 5.92 Å². The molecule has 3 aromatic rings. The maximum atomic E-state index is 13.1. The molecule has 0 saturated carbocycles. The smallest absolute Gasteiger partial charge is 0.303 e. The van der Waals surface area contributed by atoms with Gasteiger partial charge in [0.1, 0.15) is 37.5 Å². The number of benzene rings is 1. The van der Waals surface area contributed by atoms with Crippen molar-refractivity contribution in [2.75, 3.05) is 89.4 Å². The molecule has 1 N–H and O–H groups in total. The van der Waals surface area contributed by atoms with Crippen LogP contribution in [0.15, 0.2) is 30.5 Å². The summed E-state index contributed by atoms with van der Waals surface area (Å²) in [5.74, 6) is 0.991. The van der Waals surface area contributed by atoms with E-state index in [-0.39, 0.29) is 36.0 Å². The van der Waals surface area contributed by atoms with Gasteiger partial charge in [-0.1, -0.05) is 5.92 Å². The van der Waals surface area contributed by atoms with Crippen LogP contribution in [0.25, 0.3) is 11.0 Å². The average Bonchev–Trinajstić information content (AvgIpc) is 3.70. The number of terminal acetylenes is 1. The number of anilines is 2. The SMILES string of the molecule is C#CCOCCOCCOCCOCCOc1ccc(NC(=O)C2CN(c3nc(Cl)nc4c3cnn4[C@@H]3O[C@H](COC(C)=O)[C@@H](OC(C)=O)[C@H]3OC(C)=O)C2)cc1. The molecule has 57 heavy (non-hydrogen) atoms. The first-order valence-electron chi connectivity index (χ1n) is 18.1. The molecule has 0 radical (unpaired) electrons. The first-order chi connectivity index (χ1) is 27.5. The fourth-order valence-corrected chi connectivity index (χ4v) is 6.07. The number of aromatic nitrogens is 4. The summed E-state index contributed by atoms with van der Waals surface area (Å²) in [5, 5.41) is 7.74. The van der Waals surface area contributed by atoms with E-state index in [1.54, 1.807) is 24.3 Å². The predicted octanol–water partition coefficient (Wildman–Crippen LogP) is 1.96. The third-order valence-corrected chi connectivity index (χ3v) is 8.63. The van der Waals surface area contributed by atoms with Gasteiger partial charge in [-0.25, -0.2) is 4.68 Å². The molecular weight excluding hydrogens is 772 g/mol. The van der Waals surface area contributed by atoms with E-state index >= 15 is 0 Å². The van der Waals surface area contributed by atoms with Crippen molar-refractivity contribution in [3.63, 3.8) is 0 Å². The number of rotatable bonds is 22. The molecule has 1 aromatic carbocycles. The number of halogens is 1. The molecule has 2 saturated heterocycles. The summed E-state index contributed by atoms with van der Waals surface area (Å²) < 4.78 is 50.8. The molecule has 308 valence electrons. The van der Waals surface area contributed by atoms with E-state index in [4.69, 9.17) is 60.7 Å². The third-order valence-electron chi connectivity index (χ3n) is 8.46. The Morgan fingerprint density at radius 3 is 2.09 bits per heavy atom. The van der Waals surface area contributed by atoms with Gasteiger partial charge in [0.05, 0.1) is 63.7 Å². The lowest BCUT2D eigenvalue weighted by molar-refractivity contribution is -0.166. The van der Waals surface area contributed by atoms with E-state index < -0.39 is 42.4 Å². The van der Waals surface area contributed by atoms with Crippen LogP contribution in [-0.2, 0) is 57.1 Å². The highest BCUT2D eigenvalue weighted by Gasteiger charge is 2.51. The van der Waals surface area contributed by atoms with Crippen LogP contribution < -0.4 is 15.0 Å². The first-order valence-corrected chi connectivity index (χ1v) is 18.5. The Morgan fingerprint density at radius 1 is 0.860 bits per heavy atom. The molecule has 5 rings (SSSR count). The highest BCUT2D eigenvalue weighted by molar-refractivity contribution is 6.28. The summed E-state index contributed by atoms with van der Waals surface area (Å²) in [4.78, 5) is 59.4. The molecule has 2 fully saturated rings. The second kappa shape index (κ2) is 21.4. The quantitative estimate of drug-likeness (QED) is 0.0505. The number of esters is 3. The summed E-state index contributed by atoms with van der Waals surface area (Å²) >= 11 is 6.37. The predicted molar refractivity (Wildman–Crippen MR) is 200 cm³/mol. The Labute approximate surface area is 333 Å². The zero-order valence-corrected chi connectivity index (χ0v) is 32.5. The number of carbonyl (C=O) groups is 4. The molecule has 0 unspecified atom stereocenters. The van der Waals surface area contributed by atoms with E-state index in [0.717, 1.165) is 0 Å². The first kappa shape index (κ1) is 43.0. The van der Waals surface area contributed by atoms with Crippen molar-refractivity contribution in [3.05, 3.63) is 35.7 Å². The van der Waals surface area contributed by atoms with Crippen molar-refractivity contribution in [3.8, 4) is 18.1 Å². The Morgan fingerprint density at radius 2 is 1.47 bits per heavy atom. The molecule has 19 nitrogen and oxygen atoms in total. The summed E-state index contributed by atoms with van der Waals surface area (Å²) in [6.45, 7) is 7.65. The Balaban J connectivity index is 1.09. The maximum absolute atomic E-state index is 13.1. The van der Waals surface area contributed by atoms with E-state index in [1.807, 2.05) is 4.90 Å². The summed E-state index contributed by atoms with van der Waals surface area (Å²) in [7, 11) is 0. The number of carbonyl (C=O) groups excluding carboxylic acids is 4. The van der Waals surface area contributed by atoms with Crippen molar-refractivity contribution in [1.29, 1.82) is 0 Å². The van der Waals surface area contributed by atoms with Crippen LogP contribution in [0.1, 0.15) is 27.0 Å². The van der Waals surface area contributed by atoms with Gasteiger partial charge in [-0.05, 0) is 35.9 Å². The molecule has 0 spiro atoms. The molecule has 0 bridgehead atoms. The number of fused-ring (bicyclic) bond motifs is 1. The number of nitrogens with zero attached hydrogens (tertiary/aromatic N) is 5. The molecule has 1 amide bonds. The Kier molecular flexibility index (Phi) is 16.2. The molecule has 2 aliphatic rings. The monoisotopic (exact) mass is 816 g/mol. The molecule has 20 heteroatoms. The number of hydrogen-bond donors (Lipinski definition) is 1. The highest BCUT2D eigenvalue weighted by atomic mass is 35.5. The minimum Gasteiger partial charge on any atom is -0.491 e. The van der Waals surface area contributed by atoms with Crippen molar-refractivity contribution < 1.29 is 61.8 Å². The molecule has 2 aromatic heterocycles. The van der Waals surface area contributed by atoms with Crippen LogP contribution in [0.2, 0.25) is 5.28 Å². The van der Waals surface area contributed by atoms with Crippen LogP contribution in [0.5, 0.6) is 5.75 Å². The van der Waals surface area contributed by atoms with E-state index in [9.17, 15) is 19.2 Å². The van der Waals surface area contributed by atoms with Crippen LogP contribution in [0, 0.1) is 18.3 Å². The van der Waals surface area contributed by atoms with E-state index in [2.05, 4.69) is 26.3 Å². The van der Waals surface area contributed by atoms with Gasteiger partial charge in [-0.3, -0.25) is 19.2 Å². The van der Waals surface area contributed by atoms with Gasteiger partial charge in [0, 0.05) is 39.5 Å². The molecule has 4 heterocycles. The van der Waals surface area contributed by atoms with Gasteiger partial charge in [0.15, 0.2) is 24.1 Å². The van der Waals surface area contributed by atoms with Crippen molar-refractivity contribution >= 4 is 58.0 Å². The average molecular weight is 817 g/mol. The van der Waals surface area contributed by atoms with Crippen LogP contribution >= 0.6 is 11.6 Å². The lowest BCUT2D eigenvalue weighted by Crippen LogP contribution is -2.52. The Hall–Kier alpha value is -5.10. The van der Waals surface area contributed by atoms with Gasteiger partial charge in [-0.15, -0.1) is 6.42 Å². The second-order valence-corrected chi connectivity index (χ2v) is 13.1. The van der Waals surface area contributed by atoms with Crippen LogP contribution in [0.4, 0.5) is 11.5 Å². The summed E-state index contributed by atoms with van der Waals surface area (Å²) in [5.41, 5.74) is 0.838. The number of hydrogen-bond acceptors (Lipinski definition) is 17. The minimum absolute atomic E-state index is 0.109. The largest absolute Gasteiger partial charge is 0.491 e. The summed E-state index contributed by atoms with van der Waals surface area (Å²) in [6, 6.07) is 7.02. The molecule has 0 aliphatic carbocycles. The minimum atomic E-state index is -1.18. The number of ether oxygens (including phenoxy) is 9. The molecule has 2 aliphatic heterocycles. The number of amides is 1. The molecular formula is C37H45ClN6O13. The molecule has 4 atom stereocenters. The standard InChI is InChI=1S/C37H45ClN6O13/c1-5-10-49-11-12-50-13-14-51-15-16-52-17-18-53-28-8-6-27(7-9-28)40-35(48)26-20-43(21-26)33-29-19-39-44(34(29)42-37(38)41-33)36-32(56-25(4)47)31(55-24(3)46)30(57-36)22-54-23(2)45/h1,6-9,19,26,30-32,36H,10-18,20-22H2,2-4H3,(H,40,48)/t30-,31-,32-,36-/m1/s1. The summed E-state index contributed by atoms with van der Waals surface area (Å²) in [6.07, 6.45) is 2.15. The fourth-order valence-electron chi connectivity index (χ4n) is 5.91. The maximum Gasteiger partial charge on any atom is 0.303 e. The lowest BCUT2D eigenvalue weighted by Gasteiger charge is -2.39. The normalized spacial score (nSPS) is 19.1. The van der Waals surface area contributed by atoms with Gasteiger partial charge in [-0.2, -0.15) is 15.1 Å². The van der Waals surface area contributed by atoms with Crippen LogP contribution in [0.3, 0.4) is 0 Å². The van der Waals surface area contributed by atoms with E-state index in [1.165, 1.54) is 31.6 Å². The third kappa shape index (κ3) is 12.4. The van der Waals surface area contributed by atoms with Gasteiger partial charge < -0.3 is 52.8 Å². The van der Waals surface area contributed by atoms with Gasteiger partial charge >= 0.3 is 17.9 Å². The zero-order valence-electron chi connectivity index (χ0n) is 31.8. The van der Waals surface area contributed by atoms with Crippen molar-refractivity contribution in [2.45, 2.75) is 45.3 Å². The van der Waals surface area contributed by atoms with Crippen molar-refractivity contribution in [1.82, 2.24) is 19.7 Å².